The maximum Gasteiger partial charge on any atom is 0.490 e. The maximum absolute atomic E-state index is 12.8. The van der Waals surface area contributed by atoms with Crippen molar-refractivity contribution in [2.24, 2.45) is 11.8 Å². The second-order valence-corrected chi connectivity index (χ2v) is 7.55. The Kier molecular flexibility index (Phi) is 7.83. The third-order valence-corrected chi connectivity index (χ3v) is 5.44. The average Bonchev–Trinajstić information content (AvgIpc) is 3.11. The van der Waals surface area contributed by atoms with Crippen molar-refractivity contribution in [3.8, 4) is 0 Å². The van der Waals surface area contributed by atoms with Gasteiger partial charge in [0.2, 0.25) is 5.91 Å². The normalized spacial score (nSPS) is 21.3. The van der Waals surface area contributed by atoms with Crippen LogP contribution in [-0.4, -0.2) is 78.6 Å². The molecule has 1 aromatic carbocycles. The van der Waals surface area contributed by atoms with Gasteiger partial charge in [-0.25, -0.2) is 4.79 Å². The molecule has 0 aliphatic carbocycles. The molecule has 2 aliphatic heterocycles. The van der Waals surface area contributed by atoms with Gasteiger partial charge < -0.3 is 15.3 Å². The minimum Gasteiger partial charge on any atom is -0.475 e. The second kappa shape index (κ2) is 9.92. The quantitative estimate of drug-likeness (QED) is 0.765. The molecule has 2 amide bonds. The molecule has 0 spiro atoms. The number of fused-ring (bicyclic) bond motifs is 1. The predicted molar refractivity (Wildman–Crippen MR) is 103 cm³/mol. The number of piperidine rings is 1. The number of aryl methyl sites for hydroxylation is 1. The van der Waals surface area contributed by atoms with Crippen molar-refractivity contribution < 1.29 is 32.7 Å². The van der Waals surface area contributed by atoms with Crippen LogP contribution in [0.3, 0.4) is 0 Å². The van der Waals surface area contributed by atoms with Gasteiger partial charge in [-0.3, -0.25) is 14.5 Å². The molecular weight excluding hydrogens is 403 g/mol. The maximum atomic E-state index is 12.8. The van der Waals surface area contributed by atoms with Gasteiger partial charge in [-0.05, 0) is 43.4 Å². The molecule has 2 heterocycles. The van der Waals surface area contributed by atoms with Crippen LogP contribution in [0.25, 0.3) is 0 Å². The summed E-state index contributed by atoms with van der Waals surface area (Å²) in [6.45, 7) is 5.97. The fraction of sp³-hybridized carbons (Fsp3) is 0.550. The van der Waals surface area contributed by atoms with E-state index in [1.165, 1.54) is 0 Å². The van der Waals surface area contributed by atoms with Crippen molar-refractivity contribution >= 4 is 17.8 Å². The van der Waals surface area contributed by atoms with Crippen LogP contribution in [0.5, 0.6) is 0 Å². The molecule has 2 N–H and O–H groups in total. The minimum absolute atomic E-state index is 0.0642. The van der Waals surface area contributed by atoms with E-state index in [0.29, 0.717) is 18.4 Å². The molecule has 0 saturated carbocycles. The van der Waals surface area contributed by atoms with Crippen molar-refractivity contribution in [3.63, 3.8) is 0 Å². The molecule has 2 aliphatic rings. The number of amides is 2. The second-order valence-electron chi connectivity index (χ2n) is 7.55. The molecule has 7 nitrogen and oxygen atoms in total. The number of carbonyl (C=O) groups excluding carboxylic acids is 2. The van der Waals surface area contributed by atoms with E-state index in [2.05, 4.69) is 10.2 Å². The number of hydrogen-bond donors (Lipinski definition) is 2. The van der Waals surface area contributed by atoms with Crippen molar-refractivity contribution in [2.45, 2.75) is 19.5 Å². The van der Waals surface area contributed by atoms with Crippen molar-refractivity contribution in [1.29, 1.82) is 0 Å². The highest BCUT2D eigenvalue weighted by molar-refractivity contribution is 5.95. The SMILES string of the molecule is CNC(=O)CN1CC[C@H]2CN(C(=O)c3ccccc3C)C[C@H]2C1.O=C(O)C(F)(F)F. The number of nitrogens with zero attached hydrogens (tertiary/aromatic N) is 2. The minimum atomic E-state index is -5.08. The molecule has 166 valence electrons. The van der Waals surface area contributed by atoms with E-state index in [1.54, 1.807) is 7.05 Å². The lowest BCUT2D eigenvalue weighted by molar-refractivity contribution is -0.192. The van der Waals surface area contributed by atoms with Crippen molar-refractivity contribution in [3.05, 3.63) is 35.4 Å². The summed E-state index contributed by atoms with van der Waals surface area (Å²) in [5, 5.41) is 9.81. The number of hydrogen-bond acceptors (Lipinski definition) is 4. The van der Waals surface area contributed by atoms with E-state index in [-0.39, 0.29) is 11.8 Å². The fourth-order valence-corrected chi connectivity index (χ4v) is 3.82. The Labute approximate surface area is 172 Å². The highest BCUT2D eigenvalue weighted by atomic mass is 19.4. The number of aliphatic carboxylic acids is 1. The average molecular weight is 429 g/mol. The van der Waals surface area contributed by atoms with Crippen LogP contribution in [0, 0.1) is 18.8 Å². The molecule has 0 bridgehead atoms. The lowest BCUT2D eigenvalue weighted by atomic mass is 9.89. The van der Waals surface area contributed by atoms with Crippen LogP contribution in [0.1, 0.15) is 22.3 Å². The molecule has 0 radical (unpaired) electrons. The van der Waals surface area contributed by atoms with E-state index in [9.17, 15) is 22.8 Å². The third kappa shape index (κ3) is 6.19. The number of nitrogens with one attached hydrogen (secondary N) is 1. The molecule has 30 heavy (non-hydrogen) atoms. The van der Waals surface area contributed by atoms with Gasteiger partial charge in [-0.1, -0.05) is 18.2 Å². The van der Waals surface area contributed by atoms with E-state index in [0.717, 1.165) is 43.7 Å². The van der Waals surface area contributed by atoms with Crippen LogP contribution in [0.2, 0.25) is 0 Å². The van der Waals surface area contributed by atoms with Gasteiger partial charge in [0.1, 0.15) is 0 Å². The lowest BCUT2D eigenvalue weighted by Gasteiger charge is -2.33. The number of alkyl halides is 3. The molecule has 0 unspecified atom stereocenters. The molecule has 1 aromatic rings. The zero-order chi connectivity index (χ0) is 22.5. The molecule has 10 heteroatoms. The van der Waals surface area contributed by atoms with Gasteiger partial charge in [-0.15, -0.1) is 0 Å². The Bertz CT molecular complexity index is 785. The molecule has 2 saturated heterocycles. The fourth-order valence-electron chi connectivity index (χ4n) is 3.82. The summed E-state index contributed by atoms with van der Waals surface area (Å²) in [6, 6.07) is 7.79. The van der Waals surface area contributed by atoms with Gasteiger partial charge in [0.05, 0.1) is 6.54 Å². The first-order valence-electron chi connectivity index (χ1n) is 9.60. The summed E-state index contributed by atoms with van der Waals surface area (Å²) in [5.41, 5.74) is 1.85. The third-order valence-electron chi connectivity index (χ3n) is 5.44. The summed E-state index contributed by atoms with van der Waals surface area (Å²) in [5.74, 6) is -1.48. The number of likely N-dealkylation sites (N-methyl/N-ethyl adjacent to an activating group) is 1. The molecular formula is C20H26F3N3O4. The summed E-state index contributed by atoms with van der Waals surface area (Å²) in [4.78, 5) is 37.4. The molecule has 2 fully saturated rings. The Balaban J connectivity index is 0.000000396. The van der Waals surface area contributed by atoms with Crippen molar-refractivity contribution in [1.82, 2.24) is 15.1 Å². The first-order valence-corrected chi connectivity index (χ1v) is 9.60. The molecule has 0 aromatic heterocycles. The van der Waals surface area contributed by atoms with Gasteiger partial charge in [-0.2, -0.15) is 13.2 Å². The van der Waals surface area contributed by atoms with Crippen LogP contribution in [-0.2, 0) is 9.59 Å². The van der Waals surface area contributed by atoms with Crippen LogP contribution >= 0.6 is 0 Å². The predicted octanol–water partition coefficient (Wildman–Crippen LogP) is 1.77. The number of likely N-dealkylation sites (tertiary alicyclic amines) is 2. The van der Waals surface area contributed by atoms with E-state index < -0.39 is 12.1 Å². The van der Waals surface area contributed by atoms with E-state index in [4.69, 9.17) is 9.90 Å². The number of carboxylic acids is 1. The summed E-state index contributed by atoms with van der Waals surface area (Å²) >= 11 is 0. The number of halogens is 3. The standard InChI is InChI=1S/C18H25N3O2.C2HF3O2/c1-13-5-3-4-6-16(13)18(23)21-10-14-7-8-20(9-15(14)11-21)12-17(22)19-2;3-2(4,5)1(6)7/h3-6,14-15H,7-12H2,1-2H3,(H,19,22);(H,6,7)/t14-,15+;/m0./s1. The highest BCUT2D eigenvalue weighted by Gasteiger charge is 2.39. The highest BCUT2D eigenvalue weighted by Crippen LogP contribution is 2.32. The topological polar surface area (TPSA) is 90.0 Å². The van der Waals surface area contributed by atoms with Gasteiger partial charge >= 0.3 is 12.1 Å². The van der Waals surface area contributed by atoms with Crippen LogP contribution in [0.4, 0.5) is 13.2 Å². The Morgan fingerprint density at radius 1 is 1.13 bits per heavy atom. The zero-order valence-electron chi connectivity index (χ0n) is 16.9. The molecule has 2 atom stereocenters. The zero-order valence-corrected chi connectivity index (χ0v) is 16.9. The van der Waals surface area contributed by atoms with Gasteiger partial charge in [0.15, 0.2) is 0 Å². The van der Waals surface area contributed by atoms with E-state index in [1.807, 2.05) is 36.1 Å². The van der Waals surface area contributed by atoms with E-state index >= 15 is 0 Å². The van der Waals surface area contributed by atoms with Crippen LogP contribution < -0.4 is 5.32 Å². The van der Waals surface area contributed by atoms with Crippen LogP contribution in [0.15, 0.2) is 24.3 Å². The monoisotopic (exact) mass is 429 g/mol. The summed E-state index contributed by atoms with van der Waals surface area (Å²) in [7, 11) is 1.67. The van der Waals surface area contributed by atoms with Crippen molar-refractivity contribution in [2.75, 3.05) is 39.8 Å². The Morgan fingerprint density at radius 3 is 2.30 bits per heavy atom. The first-order chi connectivity index (χ1) is 14.0. The smallest absolute Gasteiger partial charge is 0.475 e. The summed E-state index contributed by atoms with van der Waals surface area (Å²) < 4.78 is 31.7. The number of benzene rings is 1. The Hall–Kier alpha value is -2.62. The first kappa shape index (κ1) is 23.7. The lowest BCUT2D eigenvalue weighted by Crippen LogP contribution is -2.44. The van der Waals surface area contributed by atoms with Gasteiger partial charge in [0, 0.05) is 32.2 Å². The Morgan fingerprint density at radius 2 is 1.73 bits per heavy atom. The number of carboxylic acid groups (broad SMARTS) is 1. The summed E-state index contributed by atoms with van der Waals surface area (Å²) in [6.07, 6.45) is -4.01. The molecule has 3 rings (SSSR count). The number of carbonyl (C=O) groups is 3. The van der Waals surface area contributed by atoms with Gasteiger partial charge in [0.25, 0.3) is 5.91 Å². The largest absolute Gasteiger partial charge is 0.490 e. The number of rotatable bonds is 3.